The molecule has 0 heterocycles. The summed E-state index contributed by atoms with van der Waals surface area (Å²) in [5.74, 6) is 0. The molecule has 0 unspecified atom stereocenters. The van der Waals surface area contributed by atoms with Crippen molar-refractivity contribution in [3.8, 4) is 0 Å². The van der Waals surface area contributed by atoms with Crippen molar-refractivity contribution in [2.45, 2.75) is 168 Å². The number of hydrogen-bond donors (Lipinski definition) is 0. The Morgan fingerprint density at radius 2 is 0.833 bits per heavy atom. The van der Waals surface area contributed by atoms with E-state index in [4.69, 9.17) is 0 Å². The second kappa shape index (κ2) is 18.7. The van der Waals surface area contributed by atoms with Crippen molar-refractivity contribution in [2.24, 2.45) is 0 Å². The minimum absolute atomic E-state index is 0.233. The van der Waals surface area contributed by atoms with Gasteiger partial charge < -0.3 is 4.90 Å². The van der Waals surface area contributed by atoms with Crippen molar-refractivity contribution in [3.63, 3.8) is 0 Å². The van der Waals surface area contributed by atoms with E-state index in [-0.39, 0.29) is 7.92 Å². The number of anilines is 1. The second-order valence-corrected chi connectivity index (χ2v) is 17.0. The molecule has 0 spiro atoms. The highest BCUT2D eigenvalue weighted by Crippen LogP contribution is 2.58. The summed E-state index contributed by atoms with van der Waals surface area (Å²) in [6, 6.07) is 9.81. The van der Waals surface area contributed by atoms with Crippen molar-refractivity contribution >= 4 is 18.9 Å². The summed E-state index contributed by atoms with van der Waals surface area (Å²) in [6.45, 7) is 21.6. The SMILES string of the molecule is CCCCCCCCCCN(CCCCCCCCCC)c1ccc(P(C(C)(C)C)C(C)(C)C)cc1. The first-order valence-electron chi connectivity index (χ1n) is 15.8. The summed E-state index contributed by atoms with van der Waals surface area (Å²) < 4.78 is 0. The second-order valence-electron chi connectivity index (χ2n) is 13.1. The number of benzene rings is 1. The Balaban J connectivity index is 2.69. The first-order valence-corrected chi connectivity index (χ1v) is 17.1. The van der Waals surface area contributed by atoms with Gasteiger partial charge in [-0.15, -0.1) is 0 Å². The maximum Gasteiger partial charge on any atom is 0.0366 e. The molecule has 0 aliphatic rings. The van der Waals surface area contributed by atoms with Crippen LogP contribution in [0, 0.1) is 0 Å². The fourth-order valence-electron chi connectivity index (χ4n) is 5.84. The van der Waals surface area contributed by atoms with Crippen molar-refractivity contribution in [1.82, 2.24) is 0 Å². The Labute approximate surface area is 229 Å². The zero-order valence-corrected chi connectivity index (χ0v) is 26.8. The van der Waals surface area contributed by atoms with Crippen LogP contribution in [0.1, 0.15) is 158 Å². The number of hydrogen-bond acceptors (Lipinski definition) is 1. The Hall–Kier alpha value is -0.550. The highest BCUT2D eigenvalue weighted by Gasteiger charge is 2.35. The monoisotopic (exact) mass is 517 g/mol. The normalized spacial score (nSPS) is 12.5. The van der Waals surface area contributed by atoms with Crippen LogP contribution in [0.3, 0.4) is 0 Å². The molecule has 0 atom stereocenters. The minimum atomic E-state index is -0.233. The highest BCUT2D eigenvalue weighted by atomic mass is 31.1. The van der Waals surface area contributed by atoms with Gasteiger partial charge in [0.25, 0.3) is 0 Å². The van der Waals surface area contributed by atoms with E-state index in [1.165, 1.54) is 122 Å². The van der Waals surface area contributed by atoms with Crippen LogP contribution in [0.25, 0.3) is 0 Å². The molecule has 1 rings (SSSR count). The lowest BCUT2D eigenvalue weighted by Crippen LogP contribution is -2.31. The van der Waals surface area contributed by atoms with E-state index in [1.54, 1.807) is 5.30 Å². The van der Waals surface area contributed by atoms with Gasteiger partial charge in [-0.25, -0.2) is 0 Å². The summed E-state index contributed by atoms with van der Waals surface area (Å²) >= 11 is 0. The van der Waals surface area contributed by atoms with Crippen LogP contribution >= 0.6 is 7.92 Å². The van der Waals surface area contributed by atoms with Crippen molar-refractivity contribution < 1.29 is 0 Å². The molecule has 2 heteroatoms. The molecule has 0 bridgehead atoms. The van der Waals surface area contributed by atoms with Crippen LogP contribution in [0.2, 0.25) is 0 Å². The average molecular weight is 518 g/mol. The van der Waals surface area contributed by atoms with E-state index in [1.807, 2.05) is 0 Å². The zero-order chi connectivity index (χ0) is 26.9. The van der Waals surface area contributed by atoms with E-state index in [9.17, 15) is 0 Å². The average Bonchev–Trinajstić information content (AvgIpc) is 2.80. The molecule has 210 valence electrons. The summed E-state index contributed by atoms with van der Waals surface area (Å²) in [4.78, 5) is 2.70. The lowest BCUT2D eigenvalue weighted by molar-refractivity contribution is 0.555. The molecule has 0 amide bonds. The Bertz CT molecular complexity index is 603. The van der Waals surface area contributed by atoms with Gasteiger partial charge >= 0.3 is 0 Å². The van der Waals surface area contributed by atoms with Crippen LogP contribution in [0.4, 0.5) is 5.69 Å². The van der Waals surface area contributed by atoms with Crippen LogP contribution < -0.4 is 10.2 Å². The Kier molecular flexibility index (Phi) is 17.4. The van der Waals surface area contributed by atoms with Crippen LogP contribution in [-0.2, 0) is 0 Å². The van der Waals surface area contributed by atoms with E-state index < -0.39 is 0 Å². The summed E-state index contributed by atoms with van der Waals surface area (Å²) in [5, 5.41) is 2.21. The molecule has 0 saturated heterocycles. The lowest BCUT2D eigenvalue weighted by Gasteiger charge is -2.42. The molecule has 36 heavy (non-hydrogen) atoms. The maximum atomic E-state index is 2.70. The largest absolute Gasteiger partial charge is 0.372 e. The maximum absolute atomic E-state index is 2.70. The third-order valence-corrected chi connectivity index (χ3v) is 10.9. The molecular weight excluding hydrogens is 453 g/mol. The van der Waals surface area contributed by atoms with Crippen LogP contribution in [0.5, 0.6) is 0 Å². The van der Waals surface area contributed by atoms with E-state index in [0.717, 1.165) is 0 Å². The van der Waals surface area contributed by atoms with Crippen molar-refractivity contribution in [2.75, 3.05) is 18.0 Å². The molecule has 0 aliphatic carbocycles. The summed E-state index contributed by atoms with van der Waals surface area (Å²) in [7, 11) is -0.233. The smallest absolute Gasteiger partial charge is 0.0366 e. The van der Waals surface area contributed by atoms with Gasteiger partial charge in [-0.1, -0.05) is 165 Å². The highest BCUT2D eigenvalue weighted by molar-refractivity contribution is 7.68. The standard InChI is InChI=1S/C34H64NP/c1-9-11-13-15-17-19-21-23-29-35(30-24-22-20-18-16-14-12-10-2)31-25-27-32(28-26-31)36(33(3,4)5)34(6,7)8/h25-28H,9-24,29-30H2,1-8H3. The van der Waals surface area contributed by atoms with Gasteiger partial charge in [-0.05, 0) is 40.6 Å². The molecule has 0 fully saturated rings. The van der Waals surface area contributed by atoms with Crippen molar-refractivity contribution in [1.29, 1.82) is 0 Å². The minimum Gasteiger partial charge on any atom is -0.372 e. The van der Waals surface area contributed by atoms with Crippen LogP contribution in [0.15, 0.2) is 24.3 Å². The van der Waals surface area contributed by atoms with E-state index in [2.05, 4.69) is 84.6 Å². The number of nitrogens with zero attached hydrogens (tertiary/aromatic N) is 1. The molecule has 1 nitrogen and oxygen atoms in total. The van der Waals surface area contributed by atoms with Gasteiger partial charge in [0.15, 0.2) is 0 Å². The van der Waals surface area contributed by atoms with Crippen LogP contribution in [-0.4, -0.2) is 23.4 Å². The summed E-state index contributed by atoms with van der Waals surface area (Å²) in [6.07, 6.45) is 22.4. The van der Waals surface area contributed by atoms with Gasteiger partial charge in [0.1, 0.15) is 0 Å². The van der Waals surface area contributed by atoms with Gasteiger partial charge in [0.2, 0.25) is 0 Å². The molecule has 0 saturated carbocycles. The quantitative estimate of drug-likeness (QED) is 0.123. The first-order chi connectivity index (χ1) is 17.1. The molecule has 0 radical (unpaired) electrons. The zero-order valence-electron chi connectivity index (χ0n) is 25.9. The lowest BCUT2D eigenvalue weighted by atomic mass is 10.1. The topological polar surface area (TPSA) is 3.24 Å². The Morgan fingerprint density at radius 3 is 1.17 bits per heavy atom. The predicted octanol–water partition coefficient (Wildman–Crippen LogP) is 11.5. The molecular formula is C34H64NP. The number of unbranched alkanes of at least 4 members (excludes halogenated alkanes) is 14. The van der Waals surface area contributed by atoms with Gasteiger partial charge in [0, 0.05) is 18.8 Å². The summed E-state index contributed by atoms with van der Waals surface area (Å²) in [5.41, 5.74) is 1.45. The van der Waals surface area contributed by atoms with Gasteiger partial charge in [-0.2, -0.15) is 0 Å². The van der Waals surface area contributed by atoms with Gasteiger partial charge in [-0.3, -0.25) is 0 Å². The fraction of sp³-hybridized carbons (Fsp3) is 0.824. The predicted molar refractivity (Wildman–Crippen MR) is 170 cm³/mol. The third kappa shape index (κ3) is 14.4. The molecule has 0 N–H and O–H groups in total. The fourth-order valence-corrected chi connectivity index (χ4v) is 9.85. The molecule has 1 aromatic rings. The first kappa shape index (κ1) is 33.5. The molecule has 1 aromatic carbocycles. The third-order valence-electron chi connectivity index (χ3n) is 7.38. The van der Waals surface area contributed by atoms with E-state index >= 15 is 0 Å². The van der Waals surface area contributed by atoms with Gasteiger partial charge in [0.05, 0.1) is 0 Å². The Morgan fingerprint density at radius 1 is 0.500 bits per heavy atom. The molecule has 0 aliphatic heterocycles. The number of rotatable bonds is 20. The van der Waals surface area contributed by atoms with E-state index in [0.29, 0.717) is 10.3 Å². The molecule has 0 aromatic heterocycles. The van der Waals surface area contributed by atoms with Crippen molar-refractivity contribution in [3.05, 3.63) is 24.3 Å².